The summed E-state index contributed by atoms with van der Waals surface area (Å²) in [6.45, 7) is 2.17. The van der Waals surface area contributed by atoms with Crippen LogP contribution < -0.4 is 0 Å². The molecule has 1 aliphatic rings. The van der Waals surface area contributed by atoms with E-state index < -0.39 is 0 Å². The van der Waals surface area contributed by atoms with Crippen molar-refractivity contribution in [2.75, 3.05) is 26.7 Å². The molecule has 84 valence electrons. The summed E-state index contributed by atoms with van der Waals surface area (Å²) in [5.74, 6) is 0.451. The van der Waals surface area contributed by atoms with Gasteiger partial charge in [-0.3, -0.25) is 0 Å². The van der Waals surface area contributed by atoms with Crippen LogP contribution >= 0.6 is 0 Å². The van der Waals surface area contributed by atoms with Gasteiger partial charge in [0.2, 0.25) is 0 Å². The first-order chi connectivity index (χ1) is 6.74. The van der Waals surface area contributed by atoms with Crippen molar-refractivity contribution in [3.63, 3.8) is 0 Å². The Morgan fingerprint density at radius 3 is 2.64 bits per heavy atom. The first-order valence-electron chi connectivity index (χ1n) is 5.71. The van der Waals surface area contributed by atoms with Crippen molar-refractivity contribution in [2.24, 2.45) is 5.92 Å². The summed E-state index contributed by atoms with van der Waals surface area (Å²) < 4.78 is 0. The molecule has 0 aliphatic heterocycles. The molecule has 1 aliphatic carbocycles. The monoisotopic (exact) mass is 201 g/mol. The van der Waals surface area contributed by atoms with E-state index in [-0.39, 0.29) is 12.7 Å². The Bertz CT molecular complexity index is 152. The number of rotatable bonds is 5. The van der Waals surface area contributed by atoms with E-state index in [1.807, 2.05) is 0 Å². The highest BCUT2D eigenvalue weighted by atomic mass is 16.3. The van der Waals surface area contributed by atoms with Crippen molar-refractivity contribution >= 4 is 0 Å². The van der Waals surface area contributed by atoms with Crippen molar-refractivity contribution in [3.05, 3.63) is 0 Å². The zero-order chi connectivity index (χ0) is 10.4. The van der Waals surface area contributed by atoms with Gasteiger partial charge in [-0.1, -0.05) is 12.8 Å². The Morgan fingerprint density at radius 2 is 2.00 bits per heavy atom. The molecular weight excluding hydrogens is 178 g/mol. The highest BCUT2D eigenvalue weighted by molar-refractivity contribution is 4.76. The lowest BCUT2D eigenvalue weighted by Crippen LogP contribution is -2.35. The van der Waals surface area contributed by atoms with E-state index in [2.05, 4.69) is 11.9 Å². The molecule has 0 radical (unpaired) electrons. The van der Waals surface area contributed by atoms with Gasteiger partial charge in [0.25, 0.3) is 0 Å². The normalized spacial score (nSPS) is 28.3. The van der Waals surface area contributed by atoms with Crippen LogP contribution in [-0.2, 0) is 0 Å². The molecule has 2 N–H and O–H groups in total. The summed E-state index contributed by atoms with van der Waals surface area (Å²) in [6.07, 6.45) is 5.30. The predicted molar refractivity (Wildman–Crippen MR) is 57.2 cm³/mol. The molecule has 0 aromatic heterocycles. The van der Waals surface area contributed by atoms with Crippen LogP contribution in [0, 0.1) is 5.92 Å². The molecule has 0 saturated heterocycles. The summed E-state index contributed by atoms with van der Waals surface area (Å²) >= 11 is 0. The first-order valence-corrected chi connectivity index (χ1v) is 5.71. The Kier molecular flexibility index (Phi) is 5.45. The molecule has 2 unspecified atom stereocenters. The fourth-order valence-electron chi connectivity index (χ4n) is 2.23. The Labute approximate surface area is 86.7 Å². The molecule has 0 aromatic carbocycles. The van der Waals surface area contributed by atoms with Gasteiger partial charge in [-0.05, 0) is 32.2 Å². The summed E-state index contributed by atoms with van der Waals surface area (Å²) in [7, 11) is 2.07. The van der Waals surface area contributed by atoms with Crippen LogP contribution in [-0.4, -0.2) is 48.0 Å². The largest absolute Gasteiger partial charge is 0.396 e. The van der Waals surface area contributed by atoms with E-state index in [4.69, 9.17) is 5.11 Å². The fourth-order valence-corrected chi connectivity index (χ4v) is 2.23. The van der Waals surface area contributed by atoms with E-state index in [0.29, 0.717) is 5.92 Å². The minimum atomic E-state index is -0.0969. The van der Waals surface area contributed by atoms with Gasteiger partial charge in [-0.15, -0.1) is 0 Å². The number of nitrogens with zero attached hydrogens (tertiary/aromatic N) is 1. The van der Waals surface area contributed by atoms with E-state index in [1.165, 1.54) is 12.8 Å². The molecule has 1 saturated carbocycles. The van der Waals surface area contributed by atoms with Gasteiger partial charge < -0.3 is 15.1 Å². The smallest absolute Gasteiger partial charge is 0.0580 e. The third-order valence-corrected chi connectivity index (χ3v) is 3.11. The first kappa shape index (κ1) is 12.0. The van der Waals surface area contributed by atoms with Gasteiger partial charge in [0.15, 0.2) is 0 Å². The number of aliphatic hydroxyl groups is 2. The van der Waals surface area contributed by atoms with Crippen molar-refractivity contribution in [1.82, 2.24) is 4.90 Å². The average Bonchev–Trinajstić information content (AvgIpc) is 2.18. The van der Waals surface area contributed by atoms with Crippen molar-refractivity contribution in [3.8, 4) is 0 Å². The standard InChI is InChI=1S/C11H23NO2/c1-12(7-4-8-13)9-10-5-2-3-6-11(10)14/h10-11,13-14H,2-9H2,1H3. The SMILES string of the molecule is CN(CCCO)CC1CCCCC1O. The zero-order valence-electron chi connectivity index (χ0n) is 9.15. The van der Waals surface area contributed by atoms with E-state index in [9.17, 15) is 5.11 Å². The van der Waals surface area contributed by atoms with Crippen LogP contribution in [0.1, 0.15) is 32.1 Å². The van der Waals surface area contributed by atoms with Crippen LogP contribution in [0.15, 0.2) is 0 Å². The predicted octanol–water partition coefficient (Wildman–Crippen LogP) is 0.852. The lowest BCUT2D eigenvalue weighted by Gasteiger charge is -2.31. The number of hydrogen-bond donors (Lipinski definition) is 2. The summed E-state index contributed by atoms with van der Waals surface area (Å²) in [6, 6.07) is 0. The molecule has 0 spiro atoms. The molecular formula is C11H23NO2. The van der Waals surface area contributed by atoms with Crippen molar-refractivity contribution < 1.29 is 10.2 Å². The molecule has 3 heteroatoms. The third kappa shape index (κ3) is 3.95. The molecule has 2 atom stereocenters. The van der Waals surface area contributed by atoms with Gasteiger partial charge in [0, 0.05) is 19.7 Å². The van der Waals surface area contributed by atoms with Crippen LogP contribution in [0.4, 0.5) is 0 Å². The quantitative estimate of drug-likeness (QED) is 0.693. The summed E-state index contributed by atoms with van der Waals surface area (Å²) in [4.78, 5) is 2.22. The van der Waals surface area contributed by atoms with Crippen molar-refractivity contribution in [1.29, 1.82) is 0 Å². The molecule has 0 heterocycles. The van der Waals surface area contributed by atoms with Gasteiger partial charge in [-0.2, -0.15) is 0 Å². The Hall–Kier alpha value is -0.120. The Morgan fingerprint density at radius 1 is 1.29 bits per heavy atom. The minimum absolute atomic E-state index is 0.0969. The lowest BCUT2D eigenvalue weighted by atomic mass is 9.86. The molecule has 0 amide bonds. The van der Waals surface area contributed by atoms with Gasteiger partial charge >= 0.3 is 0 Å². The van der Waals surface area contributed by atoms with E-state index in [1.54, 1.807) is 0 Å². The van der Waals surface area contributed by atoms with Crippen LogP contribution in [0.25, 0.3) is 0 Å². The summed E-state index contributed by atoms with van der Waals surface area (Å²) in [5, 5.41) is 18.5. The van der Waals surface area contributed by atoms with Crippen LogP contribution in [0.2, 0.25) is 0 Å². The van der Waals surface area contributed by atoms with Gasteiger partial charge in [-0.25, -0.2) is 0 Å². The molecule has 1 fully saturated rings. The maximum Gasteiger partial charge on any atom is 0.0580 e. The van der Waals surface area contributed by atoms with E-state index >= 15 is 0 Å². The molecule has 3 nitrogen and oxygen atoms in total. The second-order valence-corrected chi connectivity index (χ2v) is 4.45. The second kappa shape index (κ2) is 6.38. The number of aliphatic hydroxyl groups excluding tert-OH is 2. The molecule has 0 bridgehead atoms. The van der Waals surface area contributed by atoms with Gasteiger partial charge in [0.05, 0.1) is 6.10 Å². The summed E-state index contributed by atoms with van der Waals surface area (Å²) in [5.41, 5.74) is 0. The highest BCUT2D eigenvalue weighted by Gasteiger charge is 2.23. The average molecular weight is 201 g/mol. The van der Waals surface area contributed by atoms with E-state index in [0.717, 1.165) is 32.4 Å². The Balaban J connectivity index is 2.20. The minimum Gasteiger partial charge on any atom is -0.396 e. The maximum atomic E-state index is 9.77. The van der Waals surface area contributed by atoms with Crippen LogP contribution in [0.5, 0.6) is 0 Å². The van der Waals surface area contributed by atoms with Crippen LogP contribution in [0.3, 0.4) is 0 Å². The lowest BCUT2D eigenvalue weighted by molar-refractivity contribution is 0.0505. The highest BCUT2D eigenvalue weighted by Crippen LogP contribution is 2.24. The third-order valence-electron chi connectivity index (χ3n) is 3.11. The topological polar surface area (TPSA) is 43.7 Å². The molecule has 0 aromatic rings. The number of hydrogen-bond acceptors (Lipinski definition) is 3. The second-order valence-electron chi connectivity index (χ2n) is 4.45. The maximum absolute atomic E-state index is 9.77. The zero-order valence-corrected chi connectivity index (χ0v) is 9.15. The molecule has 1 rings (SSSR count). The van der Waals surface area contributed by atoms with Crippen molar-refractivity contribution in [2.45, 2.75) is 38.2 Å². The fraction of sp³-hybridized carbons (Fsp3) is 1.00. The molecule has 14 heavy (non-hydrogen) atoms. The van der Waals surface area contributed by atoms with Gasteiger partial charge in [0.1, 0.15) is 0 Å².